The van der Waals surface area contributed by atoms with E-state index in [1.807, 2.05) is 0 Å². The molecule has 0 aromatic heterocycles. The van der Waals surface area contributed by atoms with E-state index in [0.29, 0.717) is 0 Å². The molecular weight excluding hydrogens is 216 g/mol. The molecule has 2 aliphatic heterocycles. The molecule has 16 heavy (non-hydrogen) atoms. The van der Waals surface area contributed by atoms with E-state index in [4.69, 9.17) is 0 Å². The highest BCUT2D eigenvalue weighted by atomic mass is 32.2. The molecule has 2 unspecified atom stereocenters. The molecule has 94 valence electrons. The van der Waals surface area contributed by atoms with E-state index in [0.717, 1.165) is 17.8 Å². The van der Waals surface area contributed by atoms with E-state index < -0.39 is 0 Å². The van der Waals surface area contributed by atoms with Gasteiger partial charge in [-0.2, -0.15) is 11.8 Å². The van der Waals surface area contributed by atoms with Gasteiger partial charge in [-0.1, -0.05) is 13.3 Å². The van der Waals surface area contributed by atoms with E-state index >= 15 is 0 Å². The molecule has 0 radical (unpaired) electrons. The minimum atomic E-state index is 0.757. The zero-order valence-electron chi connectivity index (χ0n) is 10.6. The molecule has 0 spiro atoms. The van der Waals surface area contributed by atoms with Crippen LogP contribution >= 0.6 is 11.8 Å². The minimum Gasteiger partial charge on any atom is -0.313 e. The van der Waals surface area contributed by atoms with E-state index in [9.17, 15) is 0 Å². The van der Waals surface area contributed by atoms with Crippen molar-refractivity contribution in [1.82, 2.24) is 10.2 Å². The van der Waals surface area contributed by atoms with Crippen LogP contribution in [0.5, 0.6) is 0 Å². The van der Waals surface area contributed by atoms with Gasteiger partial charge < -0.3 is 10.2 Å². The van der Waals surface area contributed by atoms with Crippen LogP contribution in [-0.4, -0.2) is 48.1 Å². The summed E-state index contributed by atoms with van der Waals surface area (Å²) < 4.78 is 0. The number of likely N-dealkylation sites (N-methyl/N-ethyl adjacent to an activating group) is 1. The Labute approximate surface area is 105 Å². The molecule has 1 N–H and O–H groups in total. The predicted octanol–water partition coefficient (Wildman–Crippen LogP) is 2.35. The fourth-order valence-corrected chi connectivity index (χ4v) is 4.27. The van der Waals surface area contributed by atoms with Crippen molar-refractivity contribution in [3.8, 4) is 0 Å². The molecule has 2 nitrogen and oxygen atoms in total. The van der Waals surface area contributed by atoms with Crippen molar-refractivity contribution in [2.24, 2.45) is 0 Å². The van der Waals surface area contributed by atoms with Crippen molar-refractivity contribution < 1.29 is 0 Å². The average Bonchev–Trinajstić information content (AvgIpc) is 2.31. The van der Waals surface area contributed by atoms with Crippen molar-refractivity contribution in [2.45, 2.75) is 50.3 Å². The van der Waals surface area contributed by atoms with E-state index in [1.165, 1.54) is 57.5 Å². The lowest BCUT2D eigenvalue weighted by Crippen LogP contribution is -2.47. The number of nitrogens with one attached hydrogen (secondary N) is 1. The molecule has 2 heterocycles. The summed E-state index contributed by atoms with van der Waals surface area (Å²) in [5.74, 6) is 1.40. The molecule has 0 aromatic rings. The monoisotopic (exact) mass is 242 g/mol. The second kappa shape index (κ2) is 6.87. The lowest BCUT2D eigenvalue weighted by molar-refractivity contribution is 0.190. The van der Waals surface area contributed by atoms with Gasteiger partial charge in [0.15, 0.2) is 0 Å². The van der Waals surface area contributed by atoms with Crippen molar-refractivity contribution in [2.75, 3.05) is 31.9 Å². The second-order valence-electron chi connectivity index (χ2n) is 5.14. The van der Waals surface area contributed by atoms with E-state index in [2.05, 4.69) is 28.9 Å². The maximum absolute atomic E-state index is 3.60. The average molecular weight is 242 g/mol. The molecule has 0 aromatic carbocycles. The summed E-state index contributed by atoms with van der Waals surface area (Å²) in [5.41, 5.74) is 0. The Morgan fingerprint density at radius 1 is 1.25 bits per heavy atom. The van der Waals surface area contributed by atoms with Gasteiger partial charge in [0.25, 0.3) is 0 Å². The number of rotatable bonds is 4. The highest BCUT2D eigenvalue weighted by Gasteiger charge is 2.22. The van der Waals surface area contributed by atoms with Crippen molar-refractivity contribution in [3.05, 3.63) is 0 Å². The SMILES string of the molecule is CCNC1CCCN(CC2CCCCS2)C1. The lowest BCUT2D eigenvalue weighted by atomic mass is 10.0. The number of likely N-dealkylation sites (tertiary alicyclic amines) is 1. The molecule has 2 saturated heterocycles. The van der Waals surface area contributed by atoms with Crippen LogP contribution in [0.2, 0.25) is 0 Å². The fourth-order valence-electron chi connectivity index (χ4n) is 2.92. The van der Waals surface area contributed by atoms with Crippen LogP contribution in [0.3, 0.4) is 0 Å². The third-order valence-corrected chi connectivity index (χ3v) is 5.11. The summed E-state index contributed by atoms with van der Waals surface area (Å²) in [6.45, 7) is 7.29. The zero-order valence-corrected chi connectivity index (χ0v) is 11.4. The molecule has 2 fully saturated rings. The Kier molecular flexibility index (Phi) is 5.46. The number of hydrogen-bond acceptors (Lipinski definition) is 3. The lowest BCUT2D eigenvalue weighted by Gasteiger charge is -2.36. The van der Waals surface area contributed by atoms with Gasteiger partial charge in [0.2, 0.25) is 0 Å². The number of piperidine rings is 1. The molecule has 0 bridgehead atoms. The van der Waals surface area contributed by atoms with E-state index in [1.54, 1.807) is 0 Å². The largest absolute Gasteiger partial charge is 0.313 e. The normalized spacial score (nSPS) is 32.8. The molecule has 0 aliphatic carbocycles. The maximum atomic E-state index is 3.60. The summed E-state index contributed by atoms with van der Waals surface area (Å²) >= 11 is 2.21. The summed E-state index contributed by atoms with van der Waals surface area (Å²) in [6, 6.07) is 0.757. The summed E-state index contributed by atoms with van der Waals surface area (Å²) in [4.78, 5) is 2.69. The van der Waals surface area contributed by atoms with Gasteiger partial charge in [0.1, 0.15) is 0 Å². The van der Waals surface area contributed by atoms with Crippen LogP contribution in [0.4, 0.5) is 0 Å². The Balaban J connectivity index is 1.71. The maximum Gasteiger partial charge on any atom is 0.0195 e. The van der Waals surface area contributed by atoms with Crippen LogP contribution < -0.4 is 5.32 Å². The van der Waals surface area contributed by atoms with Gasteiger partial charge in [0, 0.05) is 24.4 Å². The number of nitrogens with zero attached hydrogens (tertiary/aromatic N) is 1. The molecule has 2 rings (SSSR count). The summed E-state index contributed by atoms with van der Waals surface area (Å²) in [6.07, 6.45) is 7.12. The smallest absolute Gasteiger partial charge is 0.0195 e. The Hall–Kier alpha value is 0.270. The third kappa shape index (κ3) is 3.94. The van der Waals surface area contributed by atoms with Crippen molar-refractivity contribution in [1.29, 1.82) is 0 Å². The van der Waals surface area contributed by atoms with Crippen LogP contribution in [0.1, 0.15) is 39.0 Å². The van der Waals surface area contributed by atoms with Gasteiger partial charge in [-0.15, -0.1) is 0 Å². The summed E-state index contributed by atoms with van der Waals surface area (Å²) in [7, 11) is 0. The van der Waals surface area contributed by atoms with Gasteiger partial charge in [0.05, 0.1) is 0 Å². The topological polar surface area (TPSA) is 15.3 Å². The van der Waals surface area contributed by atoms with Gasteiger partial charge in [-0.25, -0.2) is 0 Å². The summed E-state index contributed by atoms with van der Waals surface area (Å²) in [5, 5.41) is 4.53. The molecular formula is C13H26N2S. The first kappa shape index (κ1) is 12.7. The highest BCUT2D eigenvalue weighted by Crippen LogP contribution is 2.26. The first-order valence-corrected chi connectivity index (χ1v) is 8.00. The van der Waals surface area contributed by atoms with Crippen LogP contribution in [0.25, 0.3) is 0 Å². The Morgan fingerprint density at radius 3 is 2.94 bits per heavy atom. The number of thioether (sulfide) groups is 1. The molecule has 2 aliphatic rings. The van der Waals surface area contributed by atoms with Crippen molar-refractivity contribution >= 4 is 11.8 Å². The van der Waals surface area contributed by atoms with Gasteiger partial charge in [-0.3, -0.25) is 0 Å². The van der Waals surface area contributed by atoms with Gasteiger partial charge in [-0.05, 0) is 44.5 Å². The van der Waals surface area contributed by atoms with Crippen LogP contribution in [0.15, 0.2) is 0 Å². The Bertz CT molecular complexity index is 190. The van der Waals surface area contributed by atoms with Crippen molar-refractivity contribution in [3.63, 3.8) is 0 Å². The highest BCUT2D eigenvalue weighted by molar-refractivity contribution is 7.99. The first-order chi connectivity index (χ1) is 7.88. The first-order valence-electron chi connectivity index (χ1n) is 6.96. The molecule has 3 heteroatoms. The molecule has 0 saturated carbocycles. The standard InChI is InChI=1S/C13H26N2S/c1-2-14-12-6-5-8-15(10-12)11-13-7-3-4-9-16-13/h12-14H,2-11H2,1H3. The minimum absolute atomic E-state index is 0.757. The van der Waals surface area contributed by atoms with Gasteiger partial charge >= 0.3 is 0 Å². The molecule has 2 atom stereocenters. The van der Waals surface area contributed by atoms with E-state index in [-0.39, 0.29) is 0 Å². The quantitative estimate of drug-likeness (QED) is 0.815. The Morgan fingerprint density at radius 2 is 2.19 bits per heavy atom. The predicted molar refractivity (Wildman–Crippen MR) is 73.2 cm³/mol. The molecule has 0 amide bonds. The van der Waals surface area contributed by atoms with Crippen LogP contribution in [-0.2, 0) is 0 Å². The second-order valence-corrected chi connectivity index (χ2v) is 6.55. The zero-order chi connectivity index (χ0) is 11.2. The third-order valence-electron chi connectivity index (χ3n) is 3.73. The fraction of sp³-hybridized carbons (Fsp3) is 1.00. The van der Waals surface area contributed by atoms with Crippen LogP contribution in [0, 0.1) is 0 Å². The number of hydrogen-bond donors (Lipinski definition) is 1.